The molecule has 60 heavy (non-hydrogen) atoms. The molecule has 0 unspecified atom stereocenters. The van der Waals surface area contributed by atoms with E-state index >= 15 is 0 Å². The van der Waals surface area contributed by atoms with Gasteiger partial charge in [0.15, 0.2) is 5.82 Å². The summed E-state index contributed by atoms with van der Waals surface area (Å²) in [4.78, 5) is 10.1. The highest BCUT2D eigenvalue weighted by molar-refractivity contribution is 6.22. The lowest BCUT2D eigenvalue weighted by Gasteiger charge is -2.13. The Morgan fingerprint density at radius 3 is 1.57 bits per heavy atom. The summed E-state index contributed by atoms with van der Waals surface area (Å²) < 4.78 is 9.21. The quantitative estimate of drug-likeness (QED) is 0.169. The van der Waals surface area contributed by atoms with Crippen LogP contribution in [0.4, 0.5) is 0 Å². The predicted molar refractivity (Wildman–Crippen MR) is 248 cm³/mol. The van der Waals surface area contributed by atoms with Gasteiger partial charge >= 0.3 is 0 Å². The second kappa shape index (κ2) is 13.8. The smallest absolute Gasteiger partial charge is 0.160 e. The fourth-order valence-electron chi connectivity index (χ4n) is 9.03. The largest absolute Gasteiger partial charge is 0.455 e. The number of para-hydroxylation sites is 2. The van der Waals surface area contributed by atoms with Crippen LogP contribution in [0.15, 0.2) is 217 Å². The first-order valence-electron chi connectivity index (χ1n) is 20.3. The zero-order valence-electron chi connectivity index (χ0n) is 32.5. The van der Waals surface area contributed by atoms with E-state index in [4.69, 9.17) is 14.4 Å². The number of furan rings is 1. The molecular weight excluding hydrogens is 731 g/mol. The van der Waals surface area contributed by atoms with Crippen molar-refractivity contribution in [3.63, 3.8) is 0 Å². The van der Waals surface area contributed by atoms with Gasteiger partial charge in [-0.05, 0) is 76.2 Å². The Morgan fingerprint density at radius 1 is 0.350 bits per heavy atom. The average Bonchev–Trinajstić information content (AvgIpc) is 3.88. The molecule has 3 heterocycles. The maximum Gasteiger partial charge on any atom is 0.160 e. The van der Waals surface area contributed by atoms with E-state index in [0.717, 1.165) is 88.7 Å². The van der Waals surface area contributed by atoms with Crippen molar-refractivity contribution in [3.05, 3.63) is 212 Å². The molecule has 4 heteroatoms. The highest BCUT2D eigenvalue weighted by atomic mass is 16.3. The lowest BCUT2D eigenvalue weighted by atomic mass is 9.92. The molecule has 0 aliphatic heterocycles. The summed E-state index contributed by atoms with van der Waals surface area (Å²) in [6.07, 6.45) is 0. The standard InChI is InChI=1S/C56H35N3O/c1-3-16-36(17-4-1)48-35-49(58-56(57-48)37-18-5-2-6-19-37)41-23-14-21-39(33-41)38-20-13-22-40(32-38)46-34-47-54-52(30-15-31-53(54)60-55(47)45-27-8-7-24-42(45)46)59-50-28-11-9-25-43(50)44-26-10-12-29-51(44)59/h1-35H. The van der Waals surface area contributed by atoms with Crippen LogP contribution in [0.3, 0.4) is 0 Å². The second-order valence-electron chi connectivity index (χ2n) is 15.3. The number of hydrogen-bond donors (Lipinski definition) is 0. The van der Waals surface area contributed by atoms with Crippen LogP contribution in [-0.2, 0) is 0 Å². The molecule has 4 nitrogen and oxygen atoms in total. The number of hydrogen-bond acceptors (Lipinski definition) is 3. The first-order valence-corrected chi connectivity index (χ1v) is 20.3. The van der Waals surface area contributed by atoms with Gasteiger partial charge in [-0.1, -0.05) is 164 Å². The number of fused-ring (bicyclic) bond motifs is 8. The van der Waals surface area contributed by atoms with Crippen LogP contribution in [0.5, 0.6) is 0 Å². The summed E-state index contributed by atoms with van der Waals surface area (Å²) >= 11 is 0. The van der Waals surface area contributed by atoms with Crippen LogP contribution in [0.25, 0.3) is 116 Å². The van der Waals surface area contributed by atoms with E-state index in [-0.39, 0.29) is 0 Å². The van der Waals surface area contributed by atoms with Gasteiger partial charge in [0.1, 0.15) is 11.2 Å². The van der Waals surface area contributed by atoms with Crippen molar-refractivity contribution in [3.8, 4) is 61.8 Å². The molecule has 0 amide bonds. The Kier molecular flexibility index (Phi) is 7.82. The molecule has 0 saturated heterocycles. The van der Waals surface area contributed by atoms with Crippen molar-refractivity contribution < 1.29 is 4.42 Å². The molecule has 9 aromatic carbocycles. The fourth-order valence-corrected chi connectivity index (χ4v) is 9.03. The molecule has 0 aliphatic carbocycles. The Balaban J connectivity index is 1.02. The van der Waals surface area contributed by atoms with Crippen molar-refractivity contribution in [2.75, 3.05) is 0 Å². The maximum absolute atomic E-state index is 6.82. The van der Waals surface area contributed by atoms with Gasteiger partial charge in [-0.15, -0.1) is 0 Å². The Bertz CT molecular complexity index is 3490. The fraction of sp³-hybridized carbons (Fsp3) is 0. The Hall–Kier alpha value is -8.08. The first-order chi connectivity index (χ1) is 29.7. The van der Waals surface area contributed by atoms with Crippen LogP contribution in [0.1, 0.15) is 0 Å². The molecule has 12 rings (SSSR count). The third-order valence-corrected chi connectivity index (χ3v) is 11.8. The number of nitrogens with zero attached hydrogens (tertiary/aromatic N) is 3. The van der Waals surface area contributed by atoms with Crippen LogP contribution in [-0.4, -0.2) is 14.5 Å². The highest BCUT2D eigenvalue weighted by Crippen LogP contribution is 2.44. The Labute approximate surface area is 346 Å². The van der Waals surface area contributed by atoms with Gasteiger partial charge in [-0.25, -0.2) is 9.97 Å². The molecule has 0 N–H and O–H groups in total. The van der Waals surface area contributed by atoms with E-state index in [2.05, 4.69) is 180 Å². The van der Waals surface area contributed by atoms with Crippen molar-refractivity contribution in [2.24, 2.45) is 0 Å². The normalized spacial score (nSPS) is 11.7. The van der Waals surface area contributed by atoms with Gasteiger partial charge in [-0.3, -0.25) is 0 Å². The van der Waals surface area contributed by atoms with Crippen LogP contribution >= 0.6 is 0 Å². The summed E-state index contributed by atoms with van der Waals surface area (Å²) in [5, 5.41) is 6.90. The lowest BCUT2D eigenvalue weighted by molar-refractivity contribution is 0.672. The molecule has 3 aromatic heterocycles. The number of benzene rings is 9. The van der Waals surface area contributed by atoms with Crippen molar-refractivity contribution in [2.45, 2.75) is 0 Å². The third kappa shape index (κ3) is 5.53. The van der Waals surface area contributed by atoms with Gasteiger partial charge in [-0.2, -0.15) is 0 Å². The predicted octanol–water partition coefficient (Wildman–Crippen LogP) is 15.0. The van der Waals surface area contributed by atoms with Crippen LogP contribution < -0.4 is 0 Å². The van der Waals surface area contributed by atoms with E-state index in [1.54, 1.807) is 0 Å². The van der Waals surface area contributed by atoms with Gasteiger partial charge in [0, 0.05) is 38.2 Å². The minimum Gasteiger partial charge on any atom is -0.455 e. The zero-order chi connectivity index (χ0) is 39.6. The SMILES string of the molecule is c1ccc(-c2cc(-c3cccc(-c4cccc(-c5cc6c(oc7cccc(-n8c9ccccc9c9ccccc98)c76)c6ccccc56)c4)c3)nc(-c3ccccc3)n2)cc1. The highest BCUT2D eigenvalue weighted by Gasteiger charge is 2.21. The zero-order valence-corrected chi connectivity index (χ0v) is 32.5. The summed E-state index contributed by atoms with van der Waals surface area (Å²) in [5.74, 6) is 0.703. The van der Waals surface area contributed by atoms with E-state index in [1.165, 1.54) is 21.8 Å². The maximum atomic E-state index is 6.82. The molecule has 0 saturated carbocycles. The van der Waals surface area contributed by atoms with Gasteiger partial charge < -0.3 is 8.98 Å². The molecule has 0 bridgehead atoms. The van der Waals surface area contributed by atoms with Crippen LogP contribution in [0.2, 0.25) is 0 Å². The Morgan fingerprint density at radius 2 is 0.867 bits per heavy atom. The molecule has 12 aromatic rings. The van der Waals surface area contributed by atoms with E-state index in [9.17, 15) is 0 Å². The summed E-state index contributed by atoms with van der Waals surface area (Å²) in [5.41, 5.74) is 14.6. The topological polar surface area (TPSA) is 43.9 Å². The minimum atomic E-state index is 0.703. The molecule has 0 aliphatic rings. The third-order valence-electron chi connectivity index (χ3n) is 11.8. The van der Waals surface area contributed by atoms with E-state index < -0.39 is 0 Å². The van der Waals surface area contributed by atoms with Crippen LogP contribution in [0, 0.1) is 0 Å². The van der Waals surface area contributed by atoms with Crippen molar-refractivity contribution >= 4 is 54.5 Å². The second-order valence-corrected chi connectivity index (χ2v) is 15.3. The van der Waals surface area contributed by atoms with E-state index in [0.29, 0.717) is 5.82 Å². The molecule has 0 radical (unpaired) electrons. The first kappa shape index (κ1) is 34.0. The molecule has 0 spiro atoms. The number of rotatable bonds is 6. The summed E-state index contributed by atoms with van der Waals surface area (Å²) in [6, 6.07) is 75.0. The molecule has 0 fully saturated rings. The molecular formula is C56H35N3O. The lowest BCUT2D eigenvalue weighted by Crippen LogP contribution is -1.96. The van der Waals surface area contributed by atoms with Crippen molar-refractivity contribution in [1.29, 1.82) is 0 Å². The van der Waals surface area contributed by atoms with Crippen molar-refractivity contribution in [1.82, 2.24) is 14.5 Å². The van der Waals surface area contributed by atoms with E-state index in [1.807, 2.05) is 36.4 Å². The summed E-state index contributed by atoms with van der Waals surface area (Å²) in [6.45, 7) is 0. The summed E-state index contributed by atoms with van der Waals surface area (Å²) in [7, 11) is 0. The van der Waals surface area contributed by atoms with Gasteiger partial charge in [0.05, 0.1) is 33.5 Å². The minimum absolute atomic E-state index is 0.703. The van der Waals surface area contributed by atoms with Gasteiger partial charge in [0.25, 0.3) is 0 Å². The molecule has 0 atom stereocenters. The monoisotopic (exact) mass is 765 g/mol. The van der Waals surface area contributed by atoms with Gasteiger partial charge in [0.2, 0.25) is 0 Å². The molecule has 280 valence electrons. The average molecular weight is 766 g/mol. The number of aromatic nitrogens is 3.